The van der Waals surface area contributed by atoms with E-state index in [1.165, 1.54) is 41.7 Å². The van der Waals surface area contributed by atoms with E-state index < -0.39 is 29.3 Å². The maximum absolute atomic E-state index is 15.6. The third-order valence-corrected chi connectivity index (χ3v) is 9.15. The van der Waals surface area contributed by atoms with E-state index in [1.54, 1.807) is 29.0 Å². The highest BCUT2D eigenvalue weighted by Gasteiger charge is 2.30. The first kappa shape index (κ1) is 32.3. The minimum absolute atomic E-state index is 0.00160. The molecule has 1 aliphatic rings. The standard InChI is InChI=1S/C35H25F5N4O4S/c36-25-15-24(26(37)12-21(25)14-31-42-28-9-6-20(34(45)46)13-29(28)44(31)17-23-10-11-47-23)27-2-1-3-32(43-27)48-18-33-41-16-30(49-33)19-4-7-22(8-5-19)35(38,39)40/h1-9,12-13,15-16,23H,10-11,14,17-18H2,(H,45,46)/t23-/m1/s1. The molecular formula is C35H25F5N4O4S. The predicted octanol–water partition coefficient (Wildman–Crippen LogP) is 8.18. The summed E-state index contributed by atoms with van der Waals surface area (Å²) in [6.07, 6.45) is -2.21. The van der Waals surface area contributed by atoms with E-state index in [-0.39, 0.29) is 47.4 Å². The number of aromatic nitrogens is 4. The fraction of sp³-hybridized carbons (Fsp3) is 0.200. The molecular weight excluding hydrogens is 667 g/mol. The van der Waals surface area contributed by atoms with Crippen LogP contribution in [0.3, 0.4) is 0 Å². The smallest absolute Gasteiger partial charge is 0.416 e. The summed E-state index contributed by atoms with van der Waals surface area (Å²) in [5, 5.41) is 10.0. The molecule has 0 radical (unpaired) electrons. The van der Waals surface area contributed by atoms with Crippen LogP contribution in [-0.4, -0.2) is 43.3 Å². The lowest BCUT2D eigenvalue weighted by Gasteiger charge is -2.27. The van der Waals surface area contributed by atoms with Crippen molar-refractivity contribution in [3.8, 4) is 27.6 Å². The molecule has 6 aromatic rings. The van der Waals surface area contributed by atoms with Gasteiger partial charge in [0.2, 0.25) is 5.88 Å². The van der Waals surface area contributed by atoms with Crippen LogP contribution < -0.4 is 4.74 Å². The fourth-order valence-corrected chi connectivity index (χ4v) is 6.32. The van der Waals surface area contributed by atoms with Crippen molar-refractivity contribution in [2.24, 2.45) is 0 Å². The van der Waals surface area contributed by atoms with Gasteiger partial charge in [-0.3, -0.25) is 0 Å². The SMILES string of the molecule is O=C(O)c1ccc2nc(Cc3cc(F)c(-c4cccc(OCc5ncc(-c6ccc(C(F)(F)F)cc6)s5)n4)cc3F)n(C[C@H]3CCO3)c2c1. The zero-order chi connectivity index (χ0) is 34.3. The molecule has 250 valence electrons. The van der Waals surface area contributed by atoms with Crippen molar-refractivity contribution in [1.82, 2.24) is 19.5 Å². The van der Waals surface area contributed by atoms with Gasteiger partial charge in [0.25, 0.3) is 0 Å². The Morgan fingerprint density at radius 3 is 2.53 bits per heavy atom. The molecule has 1 atom stereocenters. The molecule has 1 saturated heterocycles. The van der Waals surface area contributed by atoms with Crippen LogP contribution in [0.15, 0.2) is 79.0 Å². The Morgan fingerprint density at radius 2 is 1.82 bits per heavy atom. The number of hydrogen-bond acceptors (Lipinski definition) is 7. The van der Waals surface area contributed by atoms with Crippen LogP contribution in [0.1, 0.15) is 38.7 Å². The Kier molecular flexibility index (Phi) is 8.59. The number of imidazole rings is 1. The average molecular weight is 693 g/mol. The van der Waals surface area contributed by atoms with Crippen molar-refractivity contribution in [3.05, 3.63) is 118 Å². The molecule has 0 amide bonds. The number of fused-ring (bicyclic) bond motifs is 1. The van der Waals surface area contributed by atoms with Gasteiger partial charge in [-0.1, -0.05) is 18.2 Å². The molecule has 3 aromatic heterocycles. The molecule has 0 bridgehead atoms. The Labute approximate surface area is 279 Å². The number of aromatic carboxylic acids is 1. The van der Waals surface area contributed by atoms with Crippen LogP contribution in [0.25, 0.3) is 32.7 Å². The number of carbonyl (C=O) groups is 1. The molecule has 8 nitrogen and oxygen atoms in total. The molecule has 0 aliphatic carbocycles. The number of benzene rings is 3. The number of ether oxygens (including phenoxy) is 2. The monoisotopic (exact) mass is 692 g/mol. The third-order valence-electron chi connectivity index (χ3n) is 8.13. The minimum atomic E-state index is -4.43. The summed E-state index contributed by atoms with van der Waals surface area (Å²) in [5.74, 6) is -1.89. The number of carboxylic acids is 1. The summed E-state index contributed by atoms with van der Waals surface area (Å²) in [7, 11) is 0. The molecule has 0 spiro atoms. The first-order valence-electron chi connectivity index (χ1n) is 15.1. The van der Waals surface area contributed by atoms with Gasteiger partial charge in [-0.2, -0.15) is 13.2 Å². The highest BCUT2D eigenvalue weighted by molar-refractivity contribution is 7.15. The molecule has 4 heterocycles. The number of pyridine rings is 1. The van der Waals surface area contributed by atoms with Crippen LogP contribution in [0.5, 0.6) is 5.88 Å². The average Bonchev–Trinajstić information content (AvgIpc) is 3.67. The summed E-state index contributed by atoms with van der Waals surface area (Å²) in [5.41, 5.74) is 1.15. The largest absolute Gasteiger partial charge is 0.478 e. The Bertz CT molecular complexity index is 2180. The van der Waals surface area contributed by atoms with E-state index in [9.17, 15) is 23.1 Å². The van der Waals surface area contributed by atoms with Gasteiger partial charge in [0.1, 0.15) is 29.1 Å². The van der Waals surface area contributed by atoms with Crippen LogP contribution in [-0.2, 0) is 30.5 Å². The van der Waals surface area contributed by atoms with Gasteiger partial charge in [0.15, 0.2) is 0 Å². The Morgan fingerprint density at radius 1 is 1.02 bits per heavy atom. The van der Waals surface area contributed by atoms with Gasteiger partial charge in [0.05, 0.1) is 45.4 Å². The second-order valence-corrected chi connectivity index (χ2v) is 12.5. The first-order valence-corrected chi connectivity index (χ1v) is 15.9. The molecule has 14 heteroatoms. The molecule has 0 saturated carbocycles. The van der Waals surface area contributed by atoms with Crippen LogP contribution in [0.4, 0.5) is 22.0 Å². The number of nitrogens with zero attached hydrogens (tertiary/aromatic N) is 4. The van der Waals surface area contributed by atoms with Crippen LogP contribution in [0, 0.1) is 11.6 Å². The second kappa shape index (κ2) is 13.0. The number of halogens is 5. The number of hydrogen-bond donors (Lipinski definition) is 1. The van der Waals surface area contributed by atoms with Crippen molar-refractivity contribution in [3.63, 3.8) is 0 Å². The topological polar surface area (TPSA) is 99.4 Å². The van der Waals surface area contributed by atoms with Crippen molar-refractivity contribution in [1.29, 1.82) is 0 Å². The maximum Gasteiger partial charge on any atom is 0.416 e. The number of carboxylic acid groups (broad SMARTS) is 1. The molecule has 1 N–H and O–H groups in total. The summed E-state index contributed by atoms with van der Waals surface area (Å²) in [6.45, 7) is 1.01. The van der Waals surface area contributed by atoms with E-state index in [0.29, 0.717) is 45.5 Å². The maximum atomic E-state index is 15.6. The van der Waals surface area contributed by atoms with E-state index in [1.807, 2.05) is 0 Å². The van der Waals surface area contributed by atoms with E-state index >= 15 is 8.78 Å². The van der Waals surface area contributed by atoms with Gasteiger partial charge < -0.3 is 19.1 Å². The van der Waals surface area contributed by atoms with Gasteiger partial charge in [0, 0.05) is 30.9 Å². The molecule has 0 unspecified atom stereocenters. The number of rotatable bonds is 10. The number of alkyl halides is 3. The molecule has 49 heavy (non-hydrogen) atoms. The highest BCUT2D eigenvalue weighted by atomic mass is 32.1. The predicted molar refractivity (Wildman–Crippen MR) is 170 cm³/mol. The lowest BCUT2D eigenvalue weighted by Crippen LogP contribution is -2.31. The second-order valence-electron chi connectivity index (χ2n) is 11.4. The van der Waals surface area contributed by atoms with E-state index in [2.05, 4.69) is 15.0 Å². The van der Waals surface area contributed by atoms with Crippen molar-refractivity contribution >= 4 is 28.3 Å². The molecule has 1 aliphatic heterocycles. The quantitative estimate of drug-likeness (QED) is 0.145. The summed E-state index contributed by atoms with van der Waals surface area (Å²) < 4.78 is 82.9. The Hall–Kier alpha value is -5.21. The zero-order valence-electron chi connectivity index (χ0n) is 25.4. The Balaban J connectivity index is 1.08. The molecule has 1 fully saturated rings. The first-order chi connectivity index (χ1) is 23.5. The van der Waals surface area contributed by atoms with Crippen LogP contribution >= 0.6 is 11.3 Å². The van der Waals surface area contributed by atoms with E-state index in [0.717, 1.165) is 30.7 Å². The van der Waals surface area contributed by atoms with Gasteiger partial charge >= 0.3 is 12.1 Å². The van der Waals surface area contributed by atoms with Crippen LogP contribution in [0.2, 0.25) is 0 Å². The molecule has 7 rings (SSSR count). The van der Waals surface area contributed by atoms with Gasteiger partial charge in [-0.05, 0) is 66.1 Å². The summed E-state index contributed by atoms with van der Waals surface area (Å²) in [6, 6.07) is 16.2. The van der Waals surface area contributed by atoms with Crippen molar-refractivity contribution in [2.45, 2.75) is 38.3 Å². The van der Waals surface area contributed by atoms with Crippen molar-refractivity contribution < 1.29 is 41.3 Å². The highest BCUT2D eigenvalue weighted by Crippen LogP contribution is 2.33. The third kappa shape index (κ3) is 6.87. The zero-order valence-corrected chi connectivity index (χ0v) is 26.2. The van der Waals surface area contributed by atoms with Gasteiger partial charge in [-0.25, -0.2) is 28.5 Å². The minimum Gasteiger partial charge on any atom is -0.478 e. The van der Waals surface area contributed by atoms with Gasteiger partial charge in [-0.15, -0.1) is 11.3 Å². The van der Waals surface area contributed by atoms with Crippen molar-refractivity contribution in [2.75, 3.05) is 6.61 Å². The normalized spacial score (nSPS) is 14.6. The summed E-state index contributed by atoms with van der Waals surface area (Å²) in [4.78, 5) is 25.5. The lowest BCUT2D eigenvalue weighted by atomic mass is 10.0. The molecule has 3 aromatic carbocycles. The fourth-order valence-electron chi connectivity index (χ4n) is 5.48. The number of thiazole rings is 1. The lowest BCUT2D eigenvalue weighted by molar-refractivity contribution is -0.137. The van der Waals surface area contributed by atoms with E-state index in [4.69, 9.17) is 9.47 Å². The summed E-state index contributed by atoms with van der Waals surface area (Å²) >= 11 is 1.24.